The Morgan fingerprint density at radius 2 is 1.96 bits per heavy atom. The zero-order chi connectivity index (χ0) is 19.7. The Kier molecular flexibility index (Phi) is 5.17. The van der Waals surface area contributed by atoms with E-state index in [0.717, 1.165) is 30.5 Å². The van der Waals surface area contributed by atoms with Crippen LogP contribution < -0.4 is 0 Å². The molecule has 7 nitrogen and oxygen atoms in total. The zero-order valence-corrected chi connectivity index (χ0v) is 16.4. The van der Waals surface area contributed by atoms with Gasteiger partial charge in [-0.2, -0.15) is 5.10 Å². The summed E-state index contributed by atoms with van der Waals surface area (Å²) in [5.74, 6) is 0.194. The molecule has 1 fully saturated rings. The van der Waals surface area contributed by atoms with Crippen LogP contribution in [0.4, 0.5) is 0 Å². The summed E-state index contributed by atoms with van der Waals surface area (Å²) in [4.78, 5) is 28.9. The molecule has 28 heavy (non-hydrogen) atoms. The molecule has 148 valence electrons. The van der Waals surface area contributed by atoms with E-state index in [9.17, 15) is 9.59 Å². The molecule has 1 saturated heterocycles. The van der Waals surface area contributed by atoms with Crippen molar-refractivity contribution >= 4 is 11.8 Å². The van der Waals surface area contributed by atoms with Crippen LogP contribution in [-0.2, 0) is 16.0 Å². The maximum atomic E-state index is 13.1. The number of hydrogen-bond acceptors (Lipinski definition) is 4. The third-order valence-corrected chi connectivity index (χ3v) is 5.74. The van der Waals surface area contributed by atoms with Crippen LogP contribution in [0.1, 0.15) is 52.0 Å². The summed E-state index contributed by atoms with van der Waals surface area (Å²) in [6, 6.07) is 8.04. The average molecular weight is 382 g/mol. The van der Waals surface area contributed by atoms with E-state index in [2.05, 4.69) is 16.3 Å². The highest BCUT2D eigenvalue weighted by Gasteiger charge is 2.34. The van der Waals surface area contributed by atoms with Crippen molar-refractivity contribution in [2.24, 2.45) is 0 Å². The summed E-state index contributed by atoms with van der Waals surface area (Å²) in [5, 5.41) is 7.09. The van der Waals surface area contributed by atoms with Gasteiger partial charge >= 0.3 is 0 Å². The minimum absolute atomic E-state index is 0.0415. The van der Waals surface area contributed by atoms with E-state index >= 15 is 0 Å². The first-order valence-electron chi connectivity index (χ1n) is 9.79. The third-order valence-electron chi connectivity index (χ3n) is 5.74. The fourth-order valence-electron chi connectivity index (χ4n) is 4.17. The van der Waals surface area contributed by atoms with Crippen molar-refractivity contribution in [2.75, 3.05) is 33.8 Å². The van der Waals surface area contributed by atoms with Crippen LogP contribution in [0.25, 0.3) is 0 Å². The van der Waals surface area contributed by atoms with Crippen LogP contribution in [0.15, 0.2) is 30.5 Å². The van der Waals surface area contributed by atoms with Gasteiger partial charge in [0.15, 0.2) is 6.10 Å². The number of aromatic nitrogens is 2. The fraction of sp³-hybridized carbons (Fsp3) is 0.476. The Bertz CT molecular complexity index is 868. The number of aromatic amines is 1. The maximum Gasteiger partial charge on any atom is 0.256 e. The monoisotopic (exact) mass is 382 g/mol. The van der Waals surface area contributed by atoms with Gasteiger partial charge in [0.1, 0.15) is 0 Å². The molecule has 4 rings (SSSR count). The van der Waals surface area contributed by atoms with Crippen molar-refractivity contribution in [1.82, 2.24) is 20.0 Å². The second kappa shape index (κ2) is 7.75. The normalized spacial score (nSPS) is 19.9. The molecule has 1 aromatic carbocycles. The Morgan fingerprint density at radius 1 is 1.21 bits per heavy atom. The minimum atomic E-state index is -0.500. The summed E-state index contributed by atoms with van der Waals surface area (Å²) in [5.41, 5.74) is 3.70. The number of hydrogen-bond donors (Lipinski definition) is 1. The molecule has 2 amide bonds. The number of amides is 2. The van der Waals surface area contributed by atoms with Crippen molar-refractivity contribution in [3.05, 3.63) is 52.8 Å². The maximum absolute atomic E-state index is 13.1. The van der Waals surface area contributed by atoms with Gasteiger partial charge in [-0.1, -0.05) is 24.3 Å². The molecule has 1 atom stereocenters. The van der Waals surface area contributed by atoms with Gasteiger partial charge in [-0.15, -0.1) is 0 Å². The highest BCUT2D eigenvalue weighted by Crippen LogP contribution is 2.33. The lowest BCUT2D eigenvalue weighted by atomic mass is 9.90. The Hall–Kier alpha value is -2.67. The van der Waals surface area contributed by atoms with Gasteiger partial charge in [-0.25, -0.2) is 0 Å². The van der Waals surface area contributed by atoms with E-state index in [1.54, 1.807) is 25.2 Å². The molecular formula is C21H26N4O3. The van der Waals surface area contributed by atoms with E-state index in [0.29, 0.717) is 25.3 Å². The average Bonchev–Trinajstić information content (AvgIpc) is 3.22. The molecular weight excluding hydrogens is 356 g/mol. The van der Waals surface area contributed by atoms with E-state index in [1.807, 2.05) is 23.1 Å². The molecule has 1 unspecified atom stereocenters. The number of fused-ring (bicyclic) bond motifs is 1. The second-order valence-corrected chi connectivity index (χ2v) is 7.70. The molecule has 1 N–H and O–H groups in total. The quantitative estimate of drug-likeness (QED) is 0.882. The predicted molar refractivity (Wildman–Crippen MR) is 104 cm³/mol. The summed E-state index contributed by atoms with van der Waals surface area (Å²) in [6.07, 6.45) is 3.55. The number of nitrogens with one attached hydrogen (secondary N) is 1. The number of benzene rings is 1. The number of H-pyrrole nitrogens is 1. The van der Waals surface area contributed by atoms with Crippen LogP contribution in [0.2, 0.25) is 0 Å². The van der Waals surface area contributed by atoms with Crippen molar-refractivity contribution in [2.45, 2.75) is 31.3 Å². The van der Waals surface area contributed by atoms with E-state index in [4.69, 9.17) is 4.74 Å². The number of rotatable bonds is 3. The largest absolute Gasteiger partial charge is 0.363 e. The molecule has 0 spiro atoms. The van der Waals surface area contributed by atoms with Gasteiger partial charge in [-0.3, -0.25) is 14.7 Å². The van der Waals surface area contributed by atoms with Gasteiger partial charge in [0.2, 0.25) is 0 Å². The first kappa shape index (κ1) is 18.7. The predicted octanol–water partition coefficient (Wildman–Crippen LogP) is 2.13. The van der Waals surface area contributed by atoms with Crippen molar-refractivity contribution in [3.63, 3.8) is 0 Å². The van der Waals surface area contributed by atoms with Gasteiger partial charge in [-0.05, 0) is 30.4 Å². The molecule has 0 aliphatic carbocycles. The first-order chi connectivity index (χ1) is 13.6. The van der Waals surface area contributed by atoms with Crippen LogP contribution in [0, 0.1) is 0 Å². The van der Waals surface area contributed by atoms with Crippen molar-refractivity contribution in [3.8, 4) is 0 Å². The lowest BCUT2D eigenvalue weighted by Gasteiger charge is -2.35. The van der Waals surface area contributed by atoms with Crippen molar-refractivity contribution in [1.29, 1.82) is 0 Å². The standard InChI is InChI=1S/C21H26N4O3/c1-24(2)20(26)17-13-22-23-18(17)15-7-10-25(11-8-15)21(27)19-16-6-4-3-5-14(16)9-12-28-19/h3-6,13,15,19H,7-12H2,1-2H3,(H,22,23). The van der Waals surface area contributed by atoms with Gasteiger partial charge in [0.25, 0.3) is 11.8 Å². The van der Waals surface area contributed by atoms with Crippen LogP contribution in [0.5, 0.6) is 0 Å². The van der Waals surface area contributed by atoms with E-state index in [-0.39, 0.29) is 17.7 Å². The third kappa shape index (κ3) is 3.42. The first-order valence-corrected chi connectivity index (χ1v) is 9.79. The van der Waals surface area contributed by atoms with Gasteiger partial charge < -0.3 is 14.5 Å². The Labute approximate surface area is 164 Å². The van der Waals surface area contributed by atoms with Crippen LogP contribution in [0.3, 0.4) is 0 Å². The van der Waals surface area contributed by atoms with E-state index < -0.39 is 6.10 Å². The second-order valence-electron chi connectivity index (χ2n) is 7.70. The lowest BCUT2D eigenvalue weighted by Crippen LogP contribution is -2.42. The Morgan fingerprint density at radius 3 is 2.71 bits per heavy atom. The van der Waals surface area contributed by atoms with Crippen molar-refractivity contribution < 1.29 is 14.3 Å². The van der Waals surface area contributed by atoms with Gasteiger partial charge in [0.05, 0.1) is 24.1 Å². The lowest BCUT2D eigenvalue weighted by molar-refractivity contribution is -0.146. The smallest absolute Gasteiger partial charge is 0.256 e. The molecule has 0 saturated carbocycles. The van der Waals surface area contributed by atoms with Gasteiger partial charge in [0, 0.05) is 33.1 Å². The number of ether oxygens (including phenoxy) is 1. The Balaban J connectivity index is 1.44. The van der Waals surface area contributed by atoms with E-state index in [1.165, 1.54) is 5.56 Å². The summed E-state index contributed by atoms with van der Waals surface area (Å²) >= 11 is 0. The molecule has 2 aromatic rings. The number of nitrogens with zero attached hydrogens (tertiary/aromatic N) is 3. The molecule has 7 heteroatoms. The summed E-state index contributed by atoms with van der Waals surface area (Å²) in [7, 11) is 3.48. The summed E-state index contributed by atoms with van der Waals surface area (Å²) in [6.45, 7) is 1.88. The molecule has 2 aliphatic heterocycles. The highest BCUT2D eigenvalue weighted by atomic mass is 16.5. The highest BCUT2D eigenvalue weighted by molar-refractivity contribution is 5.95. The molecule has 0 radical (unpaired) electrons. The minimum Gasteiger partial charge on any atom is -0.363 e. The number of likely N-dealkylation sites (tertiary alicyclic amines) is 1. The molecule has 0 bridgehead atoms. The number of carbonyl (C=O) groups excluding carboxylic acids is 2. The number of carbonyl (C=O) groups is 2. The molecule has 3 heterocycles. The van der Waals surface area contributed by atoms with Crippen LogP contribution >= 0.6 is 0 Å². The summed E-state index contributed by atoms with van der Waals surface area (Å²) < 4.78 is 5.84. The fourth-order valence-corrected chi connectivity index (χ4v) is 4.17. The van der Waals surface area contributed by atoms with Crippen LogP contribution in [-0.4, -0.2) is 65.6 Å². The zero-order valence-electron chi connectivity index (χ0n) is 16.4. The molecule has 1 aromatic heterocycles. The molecule has 2 aliphatic rings. The topological polar surface area (TPSA) is 78.5 Å². The SMILES string of the molecule is CN(C)C(=O)c1cn[nH]c1C1CCN(C(=O)C2OCCc3ccccc32)CC1. The number of piperidine rings is 1.